The number of aliphatic hydroxyl groups excluding tert-OH is 1. The van der Waals surface area contributed by atoms with Crippen molar-refractivity contribution in [1.82, 2.24) is 5.32 Å². The van der Waals surface area contributed by atoms with Gasteiger partial charge in [-0.25, -0.2) is 0 Å². The smallest absolute Gasteiger partial charge is 0.257 e. The maximum absolute atomic E-state index is 12.7. The molecule has 2 aromatic carbocycles. The van der Waals surface area contributed by atoms with E-state index < -0.39 is 6.29 Å². The zero-order chi connectivity index (χ0) is 22.5. The number of nitrogen functional groups attached to an aromatic ring is 1. The predicted molar refractivity (Wildman–Crippen MR) is 128 cm³/mol. The predicted octanol–water partition coefficient (Wildman–Crippen LogP) is 4.73. The molecule has 8 heteroatoms. The maximum Gasteiger partial charge on any atom is 0.257 e. The van der Waals surface area contributed by atoms with Crippen LogP contribution in [0.15, 0.2) is 39.3 Å². The number of rotatable bonds is 8. The van der Waals surface area contributed by atoms with Crippen LogP contribution in [-0.2, 0) is 11.3 Å². The Morgan fingerprint density at radius 1 is 1.19 bits per heavy atom. The minimum Gasteiger partial charge on any atom is -0.493 e. The highest BCUT2D eigenvalue weighted by molar-refractivity contribution is 9.11. The van der Waals surface area contributed by atoms with E-state index in [4.69, 9.17) is 15.2 Å². The van der Waals surface area contributed by atoms with Gasteiger partial charge >= 0.3 is 0 Å². The summed E-state index contributed by atoms with van der Waals surface area (Å²) >= 11 is 6.97. The summed E-state index contributed by atoms with van der Waals surface area (Å²) in [5.41, 5.74) is 8.86. The highest BCUT2D eigenvalue weighted by atomic mass is 79.9. The van der Waals surface area contributed by atoms with E-state index in [9.17, 15) is 9.90 Å². The van der Waals surface area contributed by atoms with Crippen molar-refractivity contribution in [2.75, 3.05) is 12.8 Å². The molecule has 1 saturated carbocycles. The van der Waals surface area contributed by atoms with Crippen LogP contribution < -0.4 is 20.5 Å². The zero-order valence-electron chi connectivity index (χ0n) is 17.7. The van der Waals surface area contributed by atoms with Gasteiger partial charge in [0.05, 0.1) is 12.8 Å². The van der Waals surface area contributed by atoms with E-state index in [1.165, 1.54) is 7.11 Å². The van der Waals surface area contributed by atoms with Gasteiger partial charge in [-0.15, -0.1) is 0 Å². The van der Waals surface area contributed by atoms with Crippen molar-refractivity contribution in [2.24, 2.45) is 5.92 Å². The molecule has 1 fully saturated rings. The molecule has 168 valence electrons. The number of methoxy groups -OCH3 is 1. The summed E-state index contributed by atoms with van der Waals surface area (Å²) in [5, 5.41) is 13.9. The normalized spacial score (nSPS) is 19.6. The number of ketones is 1. The van der Waals surface area contributed by atoms with Crippen molar-refractivity contribution in [3.63, 3.8) is 0 Å². The standard InChI is InChI=1S/C23H28Br2N2O4/c1-13-3-8-19(30-2)20(9-13)31-23(29)22(28)14-4-6-17(7-5-14)27-12-15-10-16(24)11-18(25)21(15)26/h3,8-11,14,17,23,27,29H,4-7,12,26H2,1-2H3/t14-,17-,23?. The summed E-state index contributed by atoms with van der Waals surface area (Å²) in [5.74, 6) is 0.372. The lowest BCUT2D eigenvalue weighted by Crippen LogP contribution is -2.39. The monoisotopic (exact) mass is 554 g/mol. The molecule has 2 aromatic rings. The molecule has 4 N–H and O–H groups in total. The second-order valence-corrected chi connectivity index (χ2v) is 9.69. The molecule has 0 aromatic heterocycles. The zero-order valence-corrected chi connectivity index (χ0v) is 20.8. The number of aliphatic hydroxyl groups is 1. The van der Waals surface area contributed by atoms with Crippen molar-refractivity contribution < 1.29 is 19.4 Å². The Balaban J connectivity index is 1.51. The summed E-state index contributed by atoms with van der Waals surface area (Å²) in [6, 6.07) is 9.63. The van der Waals surface area contributed by atoms with Crippen molar-refractivity contribution in [3.8, 4) is 11.5 Å². The molecule has 1 atom stereocenters. The molecule has 1 aliphatic carbocycles. The molecule has 0 radical (unpaired) electrons. The van der Waals surface area contributed by atoms with Crippen LogP contribution in [0.4, 0.5) is 5.69 Å². The van der Waals surface area contributed by atoms with Crippen LogP contribution >= 0.6 is 31.9 Å². The summed E-state index contributed by atoms with van der Waals surface area (Å²) in [4.78, 5) is 12.7. The van der Waals surface area contributed by atoms with E-state index >= 15 is 0 Å². The molecular formula is C23H28Br2N2O4. The Bertz CT molecular complexity index is 930. The van der Waals surface area contributed by atoms with Crippen LogP contribution in [-0.4, -0.2) is 30.3 Å². The Morgan fingerprint density at radius 2 is 1.90 bits per heavy atom. The highest BCUT2D eigenvalue weighted by Crippen LogP contribution is 2.32. The molecule has 0 saturated heterocycles. The molecule has 31 heavy (non-hydrogen) atoms. The number of nitrogens with two attached hydrogens (primary N) is 1. The summed E-state index contributed by atoms with van der Waals surface area (Å²) < 4.78 is 12.6. The number of aryl methyl sites for hydroxylation is 1. The highest BCUT2D eigenvalue weighted by Gasteiger charge is 2.31. The summed E-state index contributed by atoms with van der Waals surface area (Å²) in [6.45, 7) is 2.57. The van der Waals surface area contributed by atoms with E-state index in [0.29, 0.717) is 36.9 Å². The van der Waals surface area contributed by atoms with E-state index in [1.807, 2.05) is 25.1 Å². The van der Waals surface area contributed by atoms with Crippen molar-refractivity contribution in [2.45, 2.75) is 51.5 Å². The largest absolute Gasteiger partial charge is 0.493 e. The van der Waals surface area contributed by atoms with Gasteiger partial charge in [-0.05, 0) is 83.9 Å². The number of halogens is 2. The van der Waals surface area contributed by atoms with Crippen molar-refractivity contribution in [1.29, 1.82) is 0 Å². The molecular weight excluding hydrogens is 528 g/mol. The Labute approximate surface area is 199 Å². The summed E-state index contributed by atoms with van der Waals surface area (Å²) in [6.07, 6.45) is 1.63. The number of hydrogen-bond donors (Lipinski definition) is 3. The number of hydrogen-bond acceptors (Lipinski definition) is 6. The molecule has 1 unspecified atom stereocenters. The fraction of sp³-hybridized carbons (Fsp3) is 0.435. The average molecular weight is 556 g/mol. The fourth-order valence-corrected chi connectivity index (χ4v) is 5.19. The molecule has 1 aliphatic rings. The van der Waals surface area contributed by atoms with Gasteiger partial charge in [0.1, 0.15) is 0 Å². The lowest BCUT2D eigenvalue weighted by molar-refractivity contribution is -0.146. The number of benzene rings is 2. The lowest BCUT2D eigenvalue weighted by atomic mass is 9.83. The Hall–Kier alpha value is -1.61. The van der Waals surface area contributed by atoms with Crippen LogP contribution in [0.25, 0.3) is 0 Å². The van der Waals surface area contributed by atoms with Crippen LogP contribution in [0.3, 0.4) is 0 Å². The second kappa shape index (κ2) is 10.8. The SMILES string of the molecule is COc1ccc(C)cc1OC(O)C(=O)[C@H]1CC[C@H](NCc2cc(Br)cc(Br)c2N)CC1. The van der Waals surface area contributed by atoms with E-state index in [-0.39, 0.29) is 11.7 Å². The molecule has 0 heterocycles. The third kappa shape index (κ3) is 6.22. The van der Waals surface area contributed by atoms with Crippen LogP contribution in [0.2, 0.25) is 0 Å². The minimum absolute atomic E-state index is 0.214. The first-order chi connectivity index (χ1) is 14.8. The van der Waals surface area contributed by atoms with Gasteiger partial charge in [-0.2, -0.15) is 0 Å². The first-order valence-electron chi connectivity index (χ1n) is 10.3. The Morgan fingerprint density at radius 3 is 2.58 bits per heavy atom. The first kappa shape index (κ1) is 24.0. The first-order valence-corrected chi connectivity index (χ1v) is 11.9. The van der Waals surface area contributed by atoms with Gasteiger partial charge in [0, 0.05) is 27.4 Å². The maximum atomic E-state index is 12.7. The van der Waals surface area contributed by atoms with Crippen LogP contribution in [0, 0.1) is 12.8 Å². The van der Waals surface area contributed by atoms with Gasteiger partial charge in [0.2, 0.25) is 5.78 Å². The van der Waals surface area contributed by atoms with Gasteiger partial charge < -0.3 is 25.6 Å². The van der Waals surface area contributed by atoms with E-state index in [0.717, 1.165) is 38.6 Å². The molecule has 0 spiro atoms. The van der Waals surface area contributed by atoms with E-state index in [2.05, 4.69) is 37.2 Å². The number of Topliss-reactive ketones (excluding diaryl/α,β-unsaturated/α-hetero) is 1. The van der Waals surface area contributed by atoms with Crippen molar-refractivity contribution >= 4 is 43.3 Å². The molecule has 3 rings (SSSR count). The van der Waals surface area contributed by atoms with E-state index in [1.54, 1.807) is 12.1 Å². The quantitative estimate of drug-likeness (QED) is 0.322. The summed E-state index contributed by atoms with van der Waals surface area (Å²) in [7, 11) is 1.53. The molecule has 0 amide bonds. The topological polar surface area (TPSA) is 93.8 Å². The van der Waals surface area contributed by atoms with Crippen LogP contribution in [0.1, 0.15) is 36.8 Å². The number of ether oxygens (including phenoxy) is 2. The average Bonchev–Trinajstić information content (AvgIpc) is 2.75. The number of carbonyl (C=O) groups is 1. The lowest BCUT2D eigenvalue weighted by Gasteiger charge is -2.29. The molecule has 6 nitrogen and oxygen atoms in total. The fourth-order valence-electron chi connectivity index (χ4n) is 3.88. The molecule has 0 bridgehead atoms. The number of nitrogens with one attached hydrogen (secondary N) is 1. The van der Waals surface area contributed by atoms with Crippen LogP contribution in [0.5, 0.6) is 11.5 Å². The third-order valence-electron chi connectivity index (χ3n) is 5.69. The van der Waals surface area contributed by atoms with Gasteiger partial charge in [-0.3, -0.25) is 4.79 Å². The van der Waals surface area contributed by atoms with Gasteiger partial charge in [0.25, 0.3) is 6.29 Å². The molecule has 0 aliphatic heterocycles. The minimum atomic E-state index is -1.50. The number of anilines is 1. The third-order valence-corrected chi connectivity index (χ3v) is 6.81. The van der Waals surface area contributed by atoms with Gasteiger partial charge in [0.15, 0.2) is 11.5 Å². The Kier molecular flexibility index (Phi) is 8.38. The van der Waals surface area contributed by atoms with Crippen molar-refractivity contribution in [3.05, 3.63) is 50.4 Å². The second-order valence-electron chi connectivity index (χ2n) is 7.92. The number of carbonyl (C=O) groups excluding carboxylic acids is 1. The van der Waals surface area contributed by atoms with Gasteiger partial charge in [-0.1, -0.05) is 22.0 Å².